The fraction of sp³-hybridized carbons (Fsp3) is 0.0435. The zero-order valence-corrected chi connectivity index (χ0v) is 16.7. The van der Waals surface area contributed by atoms with Gasteiger partial charge in [0.05, 0.1) is 11.0 Å². The molecule has 4 rings (SSSR count). The maximum absolute atomic E-state index is 13.9. The quantitative estimate of drug-likeness (QED) is 0.352. The molecule has 0 spiro atoms. The van der Waals surface area contributed by atoms with E-state index in [2.05, 4.69) is 9.97 Å². The molecule has 0 atom stereocenters. The van der Waals surface area contributed by atoms with E-state index in [0.717, 1.165) is 11.1 Å². The van der Waals surface area contributed by atoms with Crippen molar-refractivity contribution >= 4 is 46.4 Å². The third kappa shape index (κ3) is 4.56. The van der Waals surface area contributed by atoms with E-state index < -0.39 is 0 Å². The Labute approximate surface area is 177 Å². The van der Waals surface area contributed by atoms with E-state index in [1.807, 2.05) is 36.4 Å². The van der Waals surface area contributed by atoms with Crippen LogP contribution in [-0.2, 0) is 6.61 Å². The Bertz CT molecular complexity index is 1210. The molecule has 0 aliphatic heterocycles. The summed E-state index contributed by atoms with van der Waals surface area (Å²) in [4.78, 5) is 9.19. The maximum atomic E-state index is 13.9. The third-order valence-corrected chi connectivity index (χ3v) is 4.83. The number of halogens is 3. The minimum absolute atomic E-state index is 0.0439. The van der Waals surface area contributed by atoms with Gasteiger partial charge in [0, 0.05) is 15.6 Å². The average Bonchev–Trinajstić information content (AvgIpc) is 2.72. The Hall–Kier alpha value is -2.95. The summed E-state index contributed by atoms with van der Waals surface area (Å²) in [6.07, 6.45) is 3.58. The van der Waals surface area contributed by atoms with Gasteiger partial charge in [0.25, 0.3) is 0 Å². The van der Waals surface area contributed by atoms with Crippen molar-refractivity contribution in [1.29, 1.82) is 0 Å². The lowest BCUT2D eigenvalue weighted by atomic mass is 10.2. The predicted molar refractivity (Wildman–Crippen MR) is 116 cm³/mol. The summed E-state index contributed by atoms with van der Waals surface area (Å²) in [7, 11) is 0. The highest BCUT2D eigenvalue weighted by Crippen LogP contribution is 2.26. The van der Waals surface area contributed by atoms with E-state index >= 15 is 0 Å². The van der Waals surface area contributed by atoms with Crippen LogP contribution >= 0.6 is 23.2 Å². The zero-order chi connectivity index (χ0) is 20.2. The number of hydrogen-bond donors (Lipinski definition) is 0. The Morgan fingerprint density at radius 1 is 0.862 bits per heavy atom. The summed E-state index contributed by atoms with van der Waals surface area (Å²) in [6.45, 7) is 0.0439. The van der Waals surface area contributed by atoms with Crippen molar-refractivity contribution in [2.45, 2.75) is 6.61 Å². The number of aromatic nitrogens is 2. The fourth-order valence-corrected chi connectivity index (χ4v) is 3.25. The molecule has 0 saturated heterocycles. The molecule has 0 fully saturated rings. The van der Waals surface area contributed by atoms with Crippen molar-refractivity contribution in [3.05, 3.63) is 99.4 Å². The number of benzene rings is 3. The van der Waals surface area contributed by atoms with Gasteiger partial charge in [-0.2, -0.15) is 0 Å². The first-order chi connectivity index (χ1) is 14.1. The lowest BCUT2D eigenvalue weighted by Gasteiger charge is -2.10. The lowest BCUT2D eigenvalue weighted by Crippen LogP contribution is -2.03. The molecule has 0 aliphatic carbocycles. The minimum Gasteiger partial charge on any atom is -0.471 e. The van der Waals surface area contributed by atoms with E-state index in [-0.39, 0.29) is 12.4 Å². The molecule has 29 heavy (non-hydrogen) atoms. The average molecular weight is 425 g/mol. The van der Waals surface area contributed by atoms with Crippen LogP contribution in [0.1, 0.15) is 16.8 Å². The van der Waals surface area contributed by atoms with E-state index in [1.54, 1.807) is 36.4 Å². The van der Waals surface area contributed by atoms with Crippen molar-refractivity contribution < 1.29 is 9.13 Å². The van der Waals surface area contributed by atoms with Crippen LogP contribution in [0.15, 0.2) is 66.7 Å². The Kier molecular flexibility index (Phi) is 5.74. The molecule has 0 bridgehead atoms. The van der Waals surface area contributed by atoms with Crippen molar-refractivity contribution in [2.75, 3.05) is 0 Å². The van der Waals surface area contributed by atoms with Gasteiger partial charge in [-0.15, -0.1) is 0 Å². The maximum Gasteiger partial charge on any atom is 0.240 e. The second-order valence-corrected chi connectivity index (χ2v) is 7.13. The summed E-state index contributed by atoms with van der Waals surface area (Å²) in [5.74, 6) is -0.0143. The SMILES string of the molecule is Fc1ccccc1COc1nc2ccccc2nc1/C=C/c1ccc(Cl)cc1Cl. The van der Waals surface area contributed by atoms with Crippen LogP contribution in [-0.4, -0.2) is 9.97 Å². The highest BCUT2D eigenvalue weighted by molar-refractivity contribution is 6.35. The summed E-state index contributed by atoms with van der Waals surface area (Å²) in [5, 5.41) is 1.09. The minimum atomic E-state index is -0.328. The van der Waals surface area contributed by atoms with Gasteiger partial charge in [-0.05, 0) is 42.0 Å². The molecule has 0 amide bonds. The van der Waals surface area contributed by atoms with E-state index in [9.17, 15) is 4.39 Å². The van der Waals surface area contributed by atoms with E-state index in [0.29, 0.717) is 32.7 Å². The molecule has 1 aromatic heterocycles. The fourth-order valence-electron chi connectivity index (χ4n) is 2.78. The van der Waals surface area contributed by atoms with E-state index in [4.69, 9.17) is 27.9 Å². The first-order valence-electron chi connectivity index (χ1n) is 8.86. The number of ether oxygens (including phenoxy) is 1. The molecule has 3 nitrogen and oxygen atoms in total. The predicted octanol–water partition coefficient (Wildman–Crippen LogP) is 6.83. The van der Waals surface area contributed by atoms with Crippen molar-refractivity contribution in [3.63, 3.8) is 0 Å². The zero-order valence-electron chi connectivity index (χ0n) is 15.1. The standard InChI is InChI=1S/C23H15Cl2FN2O/c24-17-11-9-15(18(25)13-17)10-12-22-23(28-21-8-4-3-7-20(21)27-22)29-14-16-5-1-2-6-19(16)26/h1-13H,14H2/b12-10+. The van der Waals surface area contributed by atoms with Crippen LogP contribution in [0.2, 0.25) is 10.0 Å². The van der Waals surface area contributed by atoms with Crippen LogP contribution in [0.5, 0.6) is 5.88 Å². The first kappa shape index (κ1) is 19.4. The van der Waals surface area contributed by atoms with Gasteiger partial charge >= 0.3 is 0 Å². The van der Waals surface area contributed by atoms with Gasteiger partial charge in [0.15, 0.2) is 0 Å². The summed E-state index contributed by atoms with van der Waals surface area (Å²) in [5.41, 5.74) is 3.17. The molecule has 0 radical (unpaired) electrons. The summed E-state index contributed by atoms with van der Waals surface area (Å²) >= 11 is 12.2. The highest BCUT2D eigenvalue weighted by Gasteiger charge is 2.10. The van der Waals surface area contributed by atoms with Gasteiger partial charge in [-0.3, -0.25) is 0 Å². The van der Waals surface area contributed by atoms with Gasteiger partial charge in [0.1, 0.15) is 18.1 Å². The Morgan fingerprint density at radius 2 is 1.59 bits per heavy atom. The molecule has 4 aromatic rings. The van der Waals surface area contributed by atoms with Crippen molar-refractivity contribution in [3.8, 4) is 5.88 Å². The summed E-state index contributed by atoms with van der Waals surface area (Å²) < 4.78 is 19.8. The molecule has 1 heterocycles. The number of rotatable bonds is 5. The number of nitrogens with zero attached hydrogens (tertiary/aromatic N) is 2. The topological polar surface area (TPSA) is 35.0 Å². The second-order valence-electron chi connectivity index (χ2n) is 6.28. The number of hydrogen-bond acceptors (Lipinski definition) is 3. The number of para-hydroxylation sites is 2. The lowest BCUT2D eigenvalue weighted by molar-refractivity contribution is 0.287. The molecular formula is C23H15Cl2FN2O. The van der Waals surface area contributed by atoms with Crippen LogP contribution in [0.25, 0.3) is 23.2 Å². The molecule has 0 unspecified atom stereocenters. The smallest absolute Gasteiger partial charge is 0.240 e. The van der Waals surface area contributed by atoms with Crippen LogP contribution < -0.4 is 4.74 Å². The van der Waals surface area contributed by atoms with Crippen LogP contribution in [0.3, 0.4) is 0 Å². The van der Waals surface area contributed by atoms with Gasteiger partial charge in [-0.25, -0.2) is 14.4 Å². The largest absolute Gasteiger partial charge is 0.471 e. The molecule has 0 N–H and O–H groups in total. The van der Waals surface area contributed by atoms with Crippen LogP contribution in [0, 0.1) is 5.82 Å². The highest BCUT2D eigenvalue weighted by atomic mass is 35.5. The Morgan fingerprint density at radius 3 is 2.34 bits per heavy atom. The normalized spacial score (nSPS) is 11.3. The monoisotopic (exact) mass is 424 g/mol. The van der Waals surface area contributed by atoms with E-state index in [1.165, 1.54) is 6.07 Å². The van der Waals surface area contributed by atoms with Gasteiger partial charge in [0.2, 0.25) is 5.88 Å². The van der Waals surface area contributed by atoms with Gasteiger partial charge < -0.3 is 4.74 Å². The molecule has 3 aromatic carbocycles. The molecule has 6 heteroatoms. The Balaban J connectivity index is 1.70. The molecule has 0 saturated carbocycles. The van der Waals surface area contributed by atoms with Crippen molar-refractivity contribution in [2.24, 2.45) is 0 Å². The summed E-state index contributed by atoms with van der Waals surface area (Å²) in [6, 6.07) is 19.2. The van der Waals surface area contributed by atoms with Crippen molar-refractivity contribution in [1.82, 2.24) is 9.97 Å². The first-order valence-corrected chi connectivity index (χ1v) is 9.62. The molecular weight excluding hydrogens is 410 g/mol. The number of fused-ring (bicyclic) bond motifs is 1. The second kappa shape index (κ2) is 8.60. The van der Waals surface area contributed by atoms with Gasteiger partial charge in [-0.1, -0.05) is 65.7 Å². The molecule has 0 aliphatic rings. The van der Waals surface area contributed by atoms with Crippen LogP contribution in [0.4, 0.5) is 4.39 Å². The molecule has 144 valence electrons. The third-order valence-electron chi connectivity index (χ3n) is 4.27.